The fraction of sp³-hybridized carbons (Fsp3) is 0.286. The summed E-state index contributed by atoms with van der Waals surface area (Å²) in [5, 5.41) is 0. The van der Waals surface area contributed by atoms with Crippen LogP contribution in [0.2, 0.25) is 0 Å². The van der Waals surface area contributed by atoms with Crippen molar-refractivity contribution in [2.45, 2.75) is 33.7 Å². The number of nitrogens with zero attached hydrogens (tertiary/aromatic N) is 2. The predicted octanol–water partition coefficient (Wildman–Crippen LogP) is 3.74. The van der Waals surface area contributed by atoms with Crippen molar-refractivity contribution in [3.8, 4) is 17.2 Å². The normalized spacial score (nSPS) is 14.9. The molecule has 2 heterocycles. The van der Waals surface area contributed by atoms with Crippen LogP contribution in [0.25, 0.3) is 6.08 Å². The molecule has 2 aromatic carbocycles. The van der Waals surface area contributed by atoms with E-state index in [1.54, 1.807) is 51.3 Å². The number of hydrogen-bond donors (Lipinski definition) is 0. The van der Waals surface area contributed by atoms with Crippen molar-refractivity contribution in [2.75, 3.05) is 20.3 Å². The summed E-state index contributed by atoms with van der Waals surface area (Å²) in [4.78, 5) is 43.6. The number of benzene rings is 2. The molecule has 0 amide bonds. The SMILES string of the molecule is CCOC(=O)C1=C(C)N=c2s/c(=C\c3cc(I)c(OC(C)=O)c(OCC)c3)c(=O)n2[C@@H]1c1cccc(OC)c1. The Morgan fingerprint density at radius 3 is 2.62 bits per heavy atom. The first-order chi connectivity index (χ1) is 18.7. The maximum atomic E-state index is 13.9. The zero-order valence-electron chi connectivity index (χ0n) is 22.1. The molecule has 0 saturated carbocycles. The summed E-state index contributed by atoms with van der Waals surface area (Å²) in [5.41, 5.74) is 1.84. The highest BCUT2D eigenvalue weighted by atomic mass is 127. The molecule has 1 aliphatic rings. The highest BCUT2D eigenvalue weighted by Crippen LogP contribution is 2.35. The van der Waals surface area contributed by atoms with Crippen molar-refractivity contribution in [2.24, 2.45) is 4.99 Å². The number of allylic oxidation sites excluding steroid dienone is 1. The zero-order valence-corrected chi connectivity index (χ0v) is 25.0. The first kappa shape index (κ1) is 28.6. The molecule has 39 heavy (non-hydrogen) atoms. The van der Waals surface area contributed by atoms with Crippen LogP contribution in [0.15, 0.2) is 57.5 Å². The van der Waals surface area contributed by atoms with Gasteiger partial charge in [0.05, 0.1) is 45.7 Å². The highest BCUT2D eigenvalue weighted by molar-refractivity contribution is 14.1. The Morgan fingerprint density at radius 1 is 1.18 bits per heavy atom. The molecule has 0 fully saturated rings. The molecule has 0 unspecified atom stereocenters. The number of carbonyl (C=O) groups excluding carboxylic acids is 2. The van der Waals surface area contributed by atoms with Crippen molar-refractivity contribution in [1.82, 2.24) is 4.57 Å². The van der Waals surface area contributed by atoms with E-state index in [1.807, 2.05) is 19.1 Å². The number of thiazole rings is 1. The summed E-state index contributed by atoms with van der Waals surface area (Å²) >= 11 is 3.28. The molecule has 1 aliphatic heterocycles. The number of carbonyl (C=O) groups is 2. The minimum absolute atomic E-state index is 0.189. The molecule has 0 saturated heterocycles. The van der Waals surface area contributed by atoms with E-state index in [4.69, 9.17) is 18.9 Å². The predicted molar refractivity (Wildman–Crippen MR) is 155 cm³/mol. The molecule has 4 rings (SSSR count). The fourth-order valence-electron chi connectivity index (χ4n) is 4.25. The largest absolute Gasteiger partial charge is 0.497 e. The molecule has 0 radical (unpaired) electrons. The lowest BCUT2D eigenvalue weighted by Crippen LogP contribution is -2.39. The van der Waals surface area contributed by atoms with E-state index in [0.717, 1.165) is 0 Å². The second kappa shape index (κ2) is 12.2. The molecule has 0 spiro atoms. The van der Waals surface area contributed by atoms with Crippen molar-refractivity contribution < 1.29 is 28.5 Å². The van der Waals surface area contributed by atoms with Gasteiger partial charge in [0.1, 0.15) is 5.75 Å². The Labute approximate surface area is 242 Å². The van der Waals surface area contributed by atoms with Gasteiger partial charge in [-0.05, 0) is 84.8 Å². The molecule has 9 nitrogen and oxygen atoms in total. The molecule has 11 heteroatoms. The van der Waals surface area contributed by atoms with E-state index >= 15 is 0 Å². The Morgan fingerprint density at radius 2 is 1.95 bits per heavy atom. The van der Waals surface area contributed by atoms with Crippen molar-refractivity contribution >= 4 is 51.9 Å². The molecule has 0 aliphatic carbocycles. The minimum atomic E-state index is -0.747. The van der Waals surface area contributed by atoms with Gasteiger partial charge in [0.25, 0.3) is 5.56 Å². The van der Waals surface area contributed by atoms with Crippen LogP contribution in [0.3, 0.4) is 0 Å². The van der Waals surface area contributed by atoms with Crippen molar-refractivity contribution in [3.05, 3.63) is 82.1 Å². The molecule has 1 aromatic heterocycles. The smallest absolute Gasteiger partial charge is 0.338 e. The van der Waals surface area contributed by atoms with Gasteiger partial charge in [-0.3, -0.25) is 14.2 Å². The van der Waals surface area contributed by atoms with Crippen LogP contribution in [0, 0.1) is 3.57 Å². The molecule has 1 atom stereocenters. The maximum Gasteiger partial charge on any atom is 0.338 e. The first-order valence-corrected chi connectivity index (χ1v) is 14.1. The number of hydrogen-bond acceptors (Lipinski definition) is 9. The third-order valence-corrected chi connectivity index (χ3v) is 7.59. The Balaban J connectivity index is 1.92. The van der Waals surface area contributed by atoms with E-state index in [-0.39, 0.29) is 12.2 Å². The molecule has 3 aromatic rings. The van der Waals surface area contributed by atoms with Gasteiger partial charge >= 0.3 is 11.9 Å². The molecule has 204 valence electrons. The summed E-state index contributed by atoms with van der Waals surface area (Å²) in [6.45, 7) is 7.18. The van der Waals surface area contributed by atoms with Crippen molar-refractivity contribution in [3.63, 3.8) is 0 Å². The second-order valence-corrected chi connectivity index (χ2v) is 10.6. The standard InChI is InChI=1S/C28H27IN2O7S/c1-6-36-21-12-17(11-20(29)25(21)38-16(4)32)13-22-26(33)31-24(18-9-8-10-19(14-18)35-5)23(27(34)37-7-2)15(3)30-28(31)39-22/h8-14,24H,6-7H2,1-5H3/b22-13-/t24-/m1/s1. The Hall–Kier alpha value is -3.45. The number of fused-ring (bicyclic) bond motifs is 1. The van der Waals surface area contributed by atoms with Crippen LogP contribution >= 0.6 is 33.9 Å². The summed E-state index contributed by atoms with van der Waals surface area (Å²) < 4.78 is 24.4. The van der Waals surface area contributed by atoms with Gasteiger partial charge in [-0.1, -0.05) is 23.5 Å². The maximum absolute atomic E-state index is 13.9. The van der Waals surface area contributed by atoms with Gasteiger partial charge < -0.3 is 18.9 Å². The van der Waals surface area contributed by atoms with E-state index in [0.29, 0.717) is 59.2 Å². The van der Waals surface area contributed by atoms with E-state index in [9.17, 15) is 14.4 Å². The van der Waals surface area contributed by atoms with Crippen LogP contribution in [-0.4, -0.2) is 36.8 Å². The lowest BCUT2D eigenvalue weighted by Gasteiger charge is -2.25. The van der Waals surface area contributed by atoms with Crippen LogP contribution in [0.1, 0.15) is 44.9 Å². The summed E-state index contributed by atoms with van der Waals surface area (Å²) in [6, 6.07) is 10.0. The average Bonchev–Trinajstić information content (AvgIpc) is 3.19. The number of ether oxygens (including phenoxy) is 4. The third-order valence-electron chi connectivity index (χ3n) is 5.80. The number of rotatable bonds is 8. The van der Waals surface area contributed by atoms with Gasteiger partial charge in [0, 0.05) is 6.92 Å². The quantitative estimate of drug-likeness (QED) is 0.206. The molecular weight excluding hydrogens is 635 g/mol. The first-order valence-electron chi connectivity index (χ1n) is 12.2. The number of halogens is 1. The van der Waals surface area contributed by atoms with Crippen LogP contribution < -0.4 is 29.1 Å². The van der Waals surface area contributed by atoms with Crippen LogP contribution in [-0.2, 0) is 14.3 Å². The van der Waals surface area contributed by atoms with E-state index < -0.39 is 18.0 Å². The Bertz CT molecular complexity index is 1650. The topological polar surface area (TPSA) is 105 Å². The lowest BCUT2D eigenvalue weighted by atomic mass is 9.95. The van der Waals surface area contributed by atoms with Gasteiger partial charge in [-0.15, -0.1) is 0 Å². The molecule has 0 N–H and O–H groups in total. The Kier molecular flexibility index (Phi) is 8.90. The second-order valence-electron chi connectivity index (χ2n) is 8.44. The number of methoxy groups -OCH3 is 1. The van der Waals surface area contributed by atoms with E-state index in [2.05, 4.69) is 27.6 Å². The number of aromatic nitrogens is 1. The highest BCUT2D eigenvalue weighted by Gasteiger charge is 2.33. The van der Waals surface area contributed by atoms with Gasteiger partial charge in [0.15, 0.2) is 16.3 Å². The summed E-state index contributed by atoms with van der Waals surface area (Å²) in [6.07, 6.45) is 1.73. The summed E-state index contributed by atoms with van der Waals surface area (Å²) in [5.74, 6) is 0.334. The molecular formula is C28H27IN2O7S. The average molecular weight is 663 g/mol. The van der Waals surface area contributed by atoms with Crippen molar-refractivity contribution in [1.29, 1.82) is 0 Å². The number of esters is 2. The third kappa shape index (κ3) is 5.93. The van der Waals surface area contributed by atoms with Crippen LogP contribution in [0.4, 0.5) is 0 Å². The molecule has 0 bridgehead atoms. The van der Waals surface area contributed by atoms with Gasteiger partial charge in [0.2, 0.25) is 0 Å². The lowest BCUT2D eigenvalue weighted by molar-refractivity contribution is -0.139. The van der Waals surface area contributed by atoms with Gasteiger partial charge in [-0.25, -0.2) is 9.79 Å². The zero-order chi connectivity index (χ0) is 28.3. The fourth-order valence-corrected chi connectivity index (χ4v) is 6.03. The van der Waals surface area contributed by atoms with Gasteiger partial charge in [-0.2, -0.15) is 0 Å². The monoisotopic (exact) mass is 662 g/mol. The van der Waals surface area contributed by atoms with Crippen LogP contribution in [0.5, 0.6) is 17.2 Å². The minimum Gasteiger partial charge on any atom is -0.497 e. The van der Waals surface area contributed by atoms with E-state index in [1.165, 1.54) is 22.8 Å². The summed E-state index contributed by atoms with van der Waals surface area (Å²) in [7, 11) is 1.56.